The van der Waals surface area contributed by atoms with Crippen molar-refractivity contribution in [1.82, 2.24) is 29.2 Å². The second-order valence-electron chi connectivity index (χ2n) is 8.83. The number of nitrogens with zero attached hydrogens (tertiary/aromatic N) is 6. The van der Waals surface area contributed by atoms with Gasteiger partial charge in [-0.05, 0) is 36.4 Å². The number of pyridine rings is 1. The van der Waals surface area contributed by atoms with Gasteiger partial charge in [-0.1, -0.05) is 0 Å². The molecule has 2 fully saturated rings. The Morgan fingerprint density at radius 3 is 2.43 bits per heavy atom. The van der Waals surface area contributed by atoms with Gasteiger partial charge in [-0.15, -0.1) is 11.3 Å². The molecule has 2 aliphatic heterocycles. The number of carbonyl (C=O) groups excluding carboxylic acids is 2. The summed E-state index contributed by atoms with van der Waals surface area (Å²) in [6.07, 6.45) is 5.14. The van der Waals surface area contributed by atoms with E-state index in [1.807, 2.05) is 38.1 Å². The maximum Gasteiger partial charge on any atom is 0.282 e. The van der Waals surface area contributed by atoms with Crippen molar-refractivity contribution in [3.8, 4) is 5.69 Å². The number of hydrogen-bond donors (Lipinski definition) is 0. The molecule has 35 heavy (non-hydrogen) atoms. The molecule has 6 rings (SSSR count). The Labute approximate surface area is 205 Å². The highest BCUT2D eigenvalue weighted by Gasteiger charge is 2.37. The third kappa shape index (κ3) is 4.08. The molecule has 0 N–H and O–H groups in total. The lowest BCUT2D eigenvalue weighted by Crippen LogP contribution is -2.64. The number of likely N-dealkylation sites (tertiary alicyclic amines) is 1. The van der Waals surface area contributed by atoms with Crippen molar-refractivity contribution in [2.75, 3.05) is 39.3 Å². The lowest BCUT2D eigenvalue weighted by atomic mass is 10.0. The predicted octanol–water partition coefficient (Wildman–Crippen LogP) is 2.90. The van der Waals surface area contributed by atoms with Crippen molar-refractivity contribution in [2.24, 2.45) is 0 Å². The van der Waals surface area contributed by atoms with Crippen LogP contribution in [0.15, 0.2) is 60.4 Å². The second-order valence-corrected chi connectivity index (χ2v) is 9.72. The zero-order valence-electron chi connectivity index (χ0n) is 18.9. The lowest BCUT2D eigenvalue weighted by molar-refractivity contribution is 0.00852. The van der Waals surface area contributed by atoms with Gasteiger partial charge >= 0.3 is 0 Å². The normalized spacial score (nSPS) is 17.1. The third-order valence-corrected chi connectivity index (χ3v) is 7.52. The molecule has 178 valence electrons. The molecule has 0 unspecified atom stereocenters. The molecule has 10 heteroatoms. The number of piperazine rings is 1. The summed E-state index contributed by atoms with van der Waals surface area (Å²) in [6, 6.07) is 10.3. The van der Waals surface area contributed by atoms with Crippen molar-refractivity contribution in [2.45, 2.75) is 6.04 Å². The van der Waals surface area contributed by atoms with Gasteiger partial charge in [0.1, 0.15) is 11.5 Å². The van der Waals surface area contributed by atoms with Crippen molar-refractivity contribution < 1.29 is 14.0 Å². The number of aromatic nitrogens is 3. The van der Waals surface area contributed by atoms with Gasteiger partial charge < -0.3 is 14.4 Å². The molecular weight excluding hydrogens is 467 g/mol. The van der Waals surface area contributed by atoms with E-state index in [0.29, 0.717) is 42.8 Å². The van der Waals surface area contributed by atoms with Crippen LogP contribution in [0.2, 0.25) is 0 Å². The molecule has 0 aliphatic carbocycles. The van der Waals surface area contributed by atoms with Gasteiger partial charge in [-0.2, -0.15) is 0 Å². The molecule has 3 aromatic heterocycles. The van der Waals surface area contributed by atoms with Crippen molar-refractivity contribution in [3.63, 3.8) is 0 Å². The number of amides is 2. The largest absolute Gasteiger partial charge is 0.335 e. The van der Waals surface area contributed by atoms with E-state index < -0.39 is 0 Å². The number of fused-ring (bicyclic) bond motifs is 1. The van der Waals surface area contributed by atoms with E-state index in [2.05, 4.69) is 14.9 Å². The minimum Gasteiger partial charge on any atom is -0.335 e. The van der Waals surface area contributed by atoms with E-state index in [0.717, 1.165) is 29.8 Å². The number of thiazole rings is 1. The Kier molecular flexibility index (Phi) is 5.54. The first-order chi connectivity index (χ1) is 17.1. The number of hydrogen-bond acceptors (Lipinski definition) is 6. The number of rotatable bonds is 4. The maximum atomic E-state index is 13.3. The zero-order valence-corrected chi connectivity index (χ0v) is 19.7. The van der Waals surface area contributed by atoms with Crippen LogP contribution in [-0.2, 0) is 0 Å². The SMILES string of the molecule is O=C(c1cnc2c(ccn2-c2ccc(F)cc2)c1)N1CC(N2CCN(C(=O)c3nccs3)CC2)C1. The number of halogens is 1. The third-order valence-electron chi connectivity index (χ3n) is 6.76. The summed E-state index contributed by atoms with van der Waals surface area (Å²) in [7, 11) is 0. The molecule has 0 radical (unpaired) electrons. The molecule has 2 aliphatic rings. The fourth-order valence-corrected chi connectivity index (χ4v) is 5.34. The monoisotopic (exact) mass is 490 g/mol. The molecule has 8 nitrogen and oxygen atoms in total. The van der Waals surface area contributed by atoms with Crippen LogP contribution in [0.25, 0.3) is 16.7 Å². The lowest BCUT2D eigenvalue weighted by Gasteiger charge is -2.48. The molecule has 0 atom stereocenters. The summed E-state index contributed by atoms with van der Waals surface area (Å²) >= 11 is 1.37. The first-order valence-electron chi connectivity index (χ1n) is 11.5. The standard InChI is InChI=1S/C25H23FN6O2S/c26-19-1-3-20(4-2-19)32-7-5-17-13-18(14-28-22(17)32)24(33)31-15-21(16-31)29-8-10-30(11-9-29)25(34)23-27-6-12-35-23/h1-7,12-14,21H,8-11,15-16H2. The highest BCUT2D eigenvalue weighted by atomic mass is 32.1. The van der Waals surface area contributed by atoms with E-state index in [4.69, 9.17) is 0 Å². The Hall–Kier alpha value is -3.63. The minimum absolute atomic E-state index is 0.00113. The average molecular weight is 491 g/mol. The van der Waals surface area contributed by atoms with Crippen molar-refractivity contribution in [3.05, 3.63) is 76.8 Å². The highest BCUT2D eigenvalue weighted by molar-refractivity contribution is 7.11. The summed E-state index contributed by atoms with van der Waals surface area (Å²) in [5.41, 5.74) is 2.10. The molecular formula is C25H23FN6O2S. The average Bonchev–Trinajstić information content (AvgIpc) is 3.54. The van der Waals surface area contributed by atoms with E-state index in [1.165, 1.54) is 23.5 Å². The Bertz CT molecular complexity index is 1370. The molecule has 0 bridgehead atoms. The van der Waals surface area contributed by atoms with E-state index in [9.17, 15) is 14.0 Å². The molecule has 4 aromatic rings. The van der Waals surface area contributed by atoms with Crippen LogP contribution in [0, 0.1) is 5.82 Å². The van der Waals surface area contributed by atoms with Crippen LogP contribution in [0.5, 0.6) is 0 Å². The maximum absolute atomic E-state index is 13.3. The van der Waals surface area contributed by atoms with E-state index in [-0.39, 0.29) is 17.6 Å². The molecule has 1 aromatic carbocycles. The molecule has 2 saturated heterocycles. The van der Waals surface area contributed by atoms with Crippen LogP contribution in [0.3, 0.4) is 0 Å². The van der Waals surface area contributed by atoms with Crippen LogP contribution in [0.4, 0.5) is 4.39 Å². The van der Waals surface area contributed by atoms with Gasteiger partial charge in [-0.25, -0.2) is 14.4 Å². The molecule has 0 saturated carbocycles. The topological polar surface area (TPSA) is 74.6 Å². The summed E-state index contributed by atoms with van der Waals surface area (Å²) in [5, 5.41) is 3.22. The summed E-state index contributed by atoms with van der Waals surface area (Å²) in [5.74, 6) is -0.311. The van der Waals surface area contributed by atoms with Crippen LogP contribution in [-0.4, -0.2) is 86.4 Å². The Balaban J connectivity index is 1.06. The second kappa shape index (κ2) is 8.86. The molecule has 2 amide bonds. The first kappa shape index (κ1) is 21.9. The van der Waals surface area contributed by atoms with Crippen LogP contribution in [0.1, 0.15) is 20.2 Å². The zero-order chi connectivity index (χ0) is 23.9. The predicted molar refractivity (Wildman–Crippen MR) is 130 cm³/mol. The summed E-state index contributed by atoms with van der Waals surface area (Å²) in [6.45, 7) is 4.30. The minimum atomic E-state index is -0.287. The highest BCUT2D eigenvalue weighted by Crippen LogP contribution is 2.24. The quantitative estimate of drug-likeness (QED) is 0.440. The summed E-state index contributed by atoms with van der Waals surface area (Å²) < 4.78 is 15.1. The van der Waals surface area contributed by atoms with Crippen LogP contribution < -0.4 is 0 Å². The fourth-order valence-electron chi connectivity index (χ4n) is 4.74. The van der Waals surface area contributed by atoms with Gasteiger partial charge in [0, 0.05) is 80.4 Å². The van der Waals surface area contributed by atoms with Crippen molar-refractivity contribution in [1.29, 1.82) is 0 Å². The van der Waals surface area contributed by atoms with Gasteiger partial charge in [0.05, 0.1) is 5.56 Å². The van der Waals surface area contributed by atoms with Gasteiger partial charge in [0.2, 0.25) is 0 Å². The smallest absolute Gasteiger partial charge is 0.282 e. The fraction of sp³-hybridized carbons (Fsp3) is 0.280. The molecule has 0 spiro atoms. The van der Waals surface area contributed by atoms with Gasteiger partial charge in [0.15, 0.2) is 5.01 Å². The summed E-state index contributed by atoms with van der Waals surface area (Å²) in [4.78, 5) is 40.2. The van der Waals surface area contributed by atoms with Crippen LogP contribution >= 0.6 is 11.3 Å². The number of benzene rings is 1. The van der Waals surface area contributed by atoms with Gasteiger partial charge in [-0.3, -0.25) is 14.5 Å². The molecule has 5 heterocycles. The first-order valence-corrected chi connectivity index (χ1v) is 12.4. The van der Waals surface area contributed by atoms with Crippen molar-refractivity contribution >= 4 is 34.2 Å². The van der Waals surface area contributed by atoms with Gasteiger partial charge in [0.25, 0.3) is 11.8 Å². The number of carbonyl (C=O) groups is 2. The van der Waals surface area contributed by atoms with E-state index >= 15 is 0 Å². The van der Waals surface area contributed by atoms with E-state index in [1.54, 1.807) is 24.5 Å². The Morgan fingerprint density at radius 2 is 1.71 bits per heavy atom. The Morgan fingerprint density at radius 1 is 0.943 bits per heavy atom.